The molecular weight excluding hydrogens is 204 g/mol. The summed E-state index contributed by atoms with van der Waals surface area (Å²) in [5.74, 6) is 0.727. The van der Waals surface area contributed by atoms with Crippen molar-refractivity contribution < 1.29 is 9.21 Å². The summed E-state index contributed by atoms with van der Waals surface area (Å²) in [4.78, 5) is 15.4. The molecule has 0 saturated carbocycles. The van der Waals surface area contributed by atoms with Gasteiger partial charge in [0.15, 0.2) is 0 Å². The molecule has 0 spiro atoms. The number of nitrogens with one attached hydrogen (secondary N) is 1. The average Bonchev–Trinajstić information content (AvgIpc) is 2.81. The summed E-state index contributed by atoms with van der Waals surface area (Å²) in [7, 11) is 0. The van der Waals surface area contributed by atoms with E-state index in [1.54, 1.807) is 24.7 Å². The molecule has 0 bridgehead atoms. The standard InChI is InChI=1S/C12H12N2O2/c15-12(8-10-3-5-13-6-4-10)14-9-11-2-1-7-16-11/h1-7H,8-9H2,(H,14,15). The summed E-state index contributed by atoms with van der Waals surface area (Å²) in [5, 5.41) is 2.78. The van der Waals surface area contributed by atoms with Crippen molar-refractivity contribution in [2.45, 2.75) is 13.0 Å². The average molecular weight is 216 g/mol. The second-order valence-corrected chi connectivity index (χ2v) is 3.39. The highest BCUT2D eigenvalue weighted by Crippen LogP contribution is 2.00. The lowest BCUT2D eigenvalue weighted by atomic mass is 10.2. The lowest BCUT2D eigenvalue weighted by Gasteiger charge is -2.02. The van der Waals surface area contributed by atoms with Crippen molar-refractivity contribution in [2.24, 2.45) is 0 Å². The molecule has 0 aromatic carbocycles. The number of carbonyl (C=O) groups is 1. The van der Waals surface area contributed by atoms with E-state index in [-0.39, 0.29) is 5.91 Å². The highest BCUT2D eigenvalue weighted by molar-refractivity contribution is 5.78. The van der Waals surface area contributed by atoms with E-state index in [0.717, 1.165) is 11.3 Å². The van der Waals surface area contributed by atoms with Gasteiger partial charge in [-0.2, -0.15) is 0 Å². The predicted molar refractivity (Wildman–Crippen MR) is 58.5 cm³/mol. The van der Waals surface area contributed by atoms with Gasteiger partial charge in [-0.3, -0.25) is 9.78 Å². The minimum atomic E-state index is -0.0254. The van der Waals surface area contributed by atoms with Gasteiger partial charge in [0.2, 0.25) is 5.91 Å². The number of carbonyl (C=O) groups excluding carboxylic acids is 1. The molecule has 2 heterocycles. The van der Waals surface area contributed by atoms with Crippen molar-refractivity contribution in [3.63, 3.8) is 0 Å². The number of hydrogen-bond acceptors (Lipinski definition) is 3. The molecule has 2 rings (SSSR count). The van der Waals surface area contributed by atoms with Crippen LogP contribution in [0.2, 0.25) is 0 Å². The summed E-state index contributed by atoms with van der Waals surface area (Å²) >= 11 is 0. The molecule has 0 saturated heterocycles. The van der Waals surface area contributed by atoms with E-state index in [1.807, 2.05) is 18.2 Å². The second-order valence-electron chi connectivity index (χ2n) is 3.39. The molecule has 1 amide bonds. The fraction of sp³-hybridized carbons (Fsp3) is 0.167. The maximum absolute atomic E-state index is 11.5. The van der Waals surface area contributed by atoms with Gasteiger partial charge < -0.3 is 9.73 Å². The van der Waals surface area contributed by atoms with Gasteiger partial charge in [0.25, 0.3) is 0 Å². The Labute approximate surface area is 93.3 Å². The van der Waals surface area contributed by atoms with Gasteiger partial charge in [-0.1, -0.05) is 0 Å². The normalized spacial score (nSPS) is 10.0. The van der Waals surface area contributed by atoms with Gasteiger partial charge in [-0.05, 0) is 29.8 Å². The van der Waals surface area contributed by atoms with Crippen LogP contribution in [0.25, 0.3) is 0 Å². The topological polar surface area (TPSA) is 55.1 Å². The third-order valence-corrected chi connectivity index (χ3v) is 2.15. The first-order valence-electron chi connectivity index (χ1n) is 5.02. The molecular formula is C12H12N2O2. The highest BCUT2D eigenvalue weighted by Gasteiger charge is 2.03. The van der Waals surface area contributed by atoms with Crippen LogP contribution in [0.15, 0.2) is 47.3 Å². The first-order chi connectivity index (χ1) is 7.84. The zero-order valence-corrected chi connectivity index (χ0v) is 8.72. The van der Waals surface area contributed by atoms with Crippen LogP contribution in [0.1, 0.15) is 11.3 Å². The quantitative estimate of drug-likeness (QED) is 0.843. The van der Waals surface area contributed by atoms with Gasteiger partial charge in [0, 0.05) is 12.4 Å². The molecule has 0 aliphatic heterocycles. The van der Waals surface area contributed by atoms with Crippen molar-refractivity contribution >= 4 is 5.91 Å². The minimum Gasteiger partial charge on any atom is -0.467 e. The largest absolute Gasteiger partial charge is 0.467 e. The van der Waals surface area contributed by atoms with Gasteiger partial charge in [-0.15, -0.1) is 0 Å². The van der Waals surface area contributed by atoms with Gasteiger partial charge in [0.1, 0.15) is 5.76 Å². The van der Waals surface area contributed by atoms with Crippen molar-refractivity contribution in [1.82, 2.24) is 10.3 Å². The summed E-state index contributed by atoms with van der Waals surface area (Å²) in [6.07, 6.45) is 5.30. The van der Waals surface area contributed by atoms with Crippen LogP contribution >= 0.6 is 0 Å². The maximum Gasteiger partial charge on any atom is 0.224 e. The smallest absolute Gasteiger partial charge is 0.224 e. The Morgan fingerprint density at radius 2 is 2.12 bits per heavy atom. The van der Waals surface area contributed by atoms with E-state index in [4.69, 9.17) is 4.42 Å². The van der Waals surface area contributed by atoms with Crippen LogP contribution in [0, 0.1) is 0 Å². The van der Waals surface area contributed by atoms with E-state index in [0.29, 0.717) is 13.0 Å². The molecule has 0 atom stereocenters. The van der Waals surface area contributed by atoms with Gasteiger partial charge >= 0.3 is 0 Å². The number of aromatic nitrogens is 1. The lowest BCUT2D eigenvalue weighted by molar-refractivity contribution is -0.120. The number of nitrogens with zero attached hydrogens (tertiary/aromatic N) is 1. The maximum atomic E-state index is 11.5. The molecule has 0 unspecified atom stereocenters. The zero-order valence-electron chi connectivity index (χ0n) is 8.72. The third kappa shape index (κ3) is 2.95. The van der Waals surface area contributed by atoms with Crippen molar-refractivity contribution in [3.8, 4) is 0 Å². The monoisotopic (exact) mass is 216 g/mol. The fourth-order valence-electron chi connectivity index (χ4n) is 1.35. The first kappa shape index (κ1) is 10.4. The molecule has 82 valence electrons. The lowest BCUT2D eigenvalue weighted by Crippen LogP contribution is -2.24. The Kier molecular flexibility index (Phi) is 3.33. The van der Waals surface area contributed by atoms with Crippen LogP contribution in [0.3, 0.4) is 0 Å². The number of pyridine rings is 1. The van der Waals surface area contributed by atoms with Crippen LogP contribution in [0.5, 0.6) is 0 Å². The molecule has 4 heteroatoms. The summed E-state index contributed by atoms with van der Waals surface area (Å²) in [6.45, 7) is 0.427. The number of rotatable bonds is 4. The fourth-order valence-corrected chi connectivity index (χ4v) is 1.35. The second kappa shape index (κ2) is 5.11. The number of hydrogen-bond donors (Lipinski definition) is 1. The molecule has 16 heavy (non-hydrogen) atoms. The Bertz CT molecular complexity index is 437. The van der Waals surface area contributed by atoms with Crippen LogP contribution < -0.4 is 5.32 Å². The van der Waals surface area contributed by atoms with Crippen molar-refractivity contribution in [2.75, 3.05) is 0 Å². The predicted octanol–water partition coefficient (Wildman–Crippen LogP) is 1.53. The molecule has 2 aromatic rings. The van der Waals surface area contributed by atoms with E-state index in [1.165, 1.54) is 0 Å². The van der Waals surface area contributed by atoms with Crippen LogP contribution in [-0.2, 0) is 17.8 Å². The molecule has 0 radical (unpaired) electrons. The van der Waals surface area contributed by atoms with E-state index in [9.17, 15) is 4.79 Å². The Morgan fingerprint density at radius 1 is 1.31 bits per heavy atom. The highest BCUT2D eigenvalue weighted by atomic mass is 16.3. The van der Waals surface area contributed by atoms with E-state index < -0.39 is 0 Å². The van der Waals surface area contributed by atoms with E-state index >= 15 is 0 Å². The van der Waals surface area contributed by atoms with E-state index in [2.05, 4.69) is 10.3 Å². The first-order valence-corrected chi connectivity index (χ1v) is 5.02. The Hall–Kier alpha value is -2.10. The number of amides is 1. The van der Waals surface area contributed by atoms with Crippen molar-refractivity contribution in [1.29, 1.82) is 0 Å². The Balaban J connectivity index is 1.81. The van der Waals surface area contributed by atoms with Crippen LogP contribution in [0.4, 0.5) is 0 Å². The third-order valence-electron chi connectivity index (χ3n) is 2.15. The molecule has 0 aliphatic rings. The Morgan fingerprint density at radius 3 is 2.81 bits per heavy atom. The summed E-state index contributed by atoms with van der Waals surface area (Å²) in [5.41, 5.74) is 0.951. The molecule has 0 fully saturated rings. The summed E-state index contributed by atoms with van der Waals surface area (Å²) in [6, 6.07) is 7.27. The molecule has 4 nitrogen and oxygen atoms in total. The minimum absolute atomic E-state index is 0.0254. The van der Waals surface area contributed by atoms with Crippen molar-refractivity contribution in [3.05, 3.63) is 54.2 Å². The van der Waals surface area contributed by atoms with Gasteiger partial charge in [-0.25, -0.2) is 0 Å². The van der Waals surface area contributed by atoms with Crippen LogP contribution in [-0.4, -0.2) is 10.9 Å². The molecule has 1 N–H and O–H groups in total. The molecule has 0 aliphatic carbocycles. The number of furan rings is 1. The molecule has 2 aromatic heterocycles. The van der Waals surface area contributed by atoms with Gasteiger partial charge in [0.05, 0.1) is 19.2 Å². The summed E-state index contributed by atoms with van der Waals surface area (Å²) < 4.78 is 5.11. The SMILES string of the molecule is O=C(Cc1ccncc1)NCc1ccco1. The zero-order chi connectivity index (χ0) is 11.2.